The van der Waals surface area contributed by atoms with Crippen molar-refractivity contribution in [2.45, 2.75) is 58.4 Å². The summed E-state index contributed by atoms with van der Waals surface area (Å²) < 4.78 is 26.3. The van der Waals surface area contributed by atoms with Crippen LogP contribution in [0.3, 0.4) is 0 Å². The number of H-pyrrole nitrogens is 1. The summed E-state index contributed by atoms with van der Waals surface area (Å²) in [4.78, 5) is 19.7. The number of nitrogens with two attached hydrogens (primary N) is 1. The molecule has 200 valence electrons. The number of aromatic nitrogens is 1. The van der Waals surface area contributed by atoms with Gasteiger partial charge in [-0.1, -0.05) is 13.8 Å². The predicted octanol–water partition coefficient (Wildman–Crippen LogP) is 5.32. The van der Waals surface area contributed by atoms with Crippen LogP contribution in [0, 0.1) is 5.92 Å². The molecule has 4 heterocycles. The number of amides is 1. The van der Waals surface area contributed by atoms with Crippen molar-refractivity contribution in [1.82, 2.24) is 14.2 Å². The number of fused-ring (bicyclic) bond motifs is 1. The quantitative estimate of drug-likeness (QED) is 0.403. The number of carbonyl (C=O) groups excluding carboxylic acids is 1. The lowest BCUT2D eigenvalue weighted by molar-refractivity contribution is 0.100. The van der Waals surface area contributed by atoms with Gasteiger partial charge in [-0.3, -0.25) is 9.69 Å². The monoisotopic (exact) mass is 542 g/mol. The van der Waals surface area contributed by atoms with Crippen molar-refractivity contribution in [1.29, 1.82) is 0 Å². The molecular weight excluding hydrogens is 504 g/mol. The van der Waals surface area contributed by atoms with E-state index in [1.54, 1.807) is 22.6 Å². The van der Waals surface area contributed by atoms with Crippen LogP contribution in [0.25, 0.3) is 22.0 Å². The Morgan fingerprint density at radius 3 is 2.43 bits per heavy atom. The molecule has 1 amide bonds. The Morgan fingerprint density at radius 1 is 1.11 bits per heavy atom. The number of nitrogens with one attached hydrogen (secondary N) is 1. The molecule has 3 N–H and O–H groups in total. The molecule has 0 aliphatic carbocycles. The second-order valence-electron chi connectivity index (χ2n) is 10.8. The Morgan fingerprint density at radius 2 is 1.81 bits per heavy atom. The summed E-state index contributed by atoms with van der Waals surface area (Å²) in [6.45, 7) is 9.63. The van der Waals surface area contributed by atoms with Crippen LogP contribution in [0.5, 0.6) is 0 Å². The molecule has 2 aliphatic rings. The summed E-state index contributed by atoms with van der Waals surface area (Å²) in [5.74, 6) is 0.434. The molecule has 5 rings (SSSR count). The third-order valence-electron chi connectivity index (χ3n) is 8.15. The van der Waals surface area contributed by atoms with Gasteiger partial charge in [-0.2, -0.15) is 0 Å². The average molecular weight is 543 g/mol. The van der Waals surface area contributed by atoms with Gasteiger partial charge in [0.15, 0.2) is 0 Å². The highest BCUT2D eigenvalue weighted by Gasteiger charge is 2.30. The topological polar surface area (TPSA) is 99.5 Å². The van der Waals surface area contributed by atoms with E-state index in [1.807, 2.05) is 12.3 Å². The van der Waals surface area contributed by atoms with Crippen LogP contribution in [0.2, 0.25) is 0 Å². The number of thiophene rings is 1. The second-order valence-corrected chi connectivity index (χ2v) is 14.0. The van der Waals surface area contributed by atoms with E-state index in [-0.39, 0.29) is 11.7 Å². The molecule has 7 nitrogen and oxygen atoms in total. The van der Waals surface area contributed by atoms with Gasteiger partial charge in [-0.05, 0) is 97.8 Å². The molecule has 0 radical (unpaired) electrons. The highest BCUT2D eigenvalue weighted by Crippen LogP contribution is 2.40. The van der Waals surface area contributed by atoms with E-state index < -0.39 is 15.9 Å². The molecule has 2 aliphatic heterocycles. The van der Waals surface area contributed by atoms with E-state index in [2.05, 4.69) is 41.2 Å². The molecule has 2 aromatic heterocycles. The maximum atomic E-state index is 12.5. The Bertz CT molecular complexity index is 1380. The molecule has 0 saturated carbocycles. The number of benzene rings is 1. The molecule has 3 aromatic rings. The van der Waals surface area contributed by atoms with Crippen molar-refractivity contribution in [3.05, 3.63) is 45.8 Å². The van der Waals surface area contributed by atoms with Gasteiger partial charge in [0.2, 0.25) is 10.0 Å². The largest absolute Gasteiger partial charge is 0.366 e. The molecule has 9 heteroatoms. The number of aromatic amines is 1. The van der Waals surface area contributed by atoms with Crippen LogP contribution >= 0.6 is 11.3 Å². The number of rotatable bonds is 8. The van der Waals surface area contributed by atoms with Gasteiger partial charge in [0.1, 0.15) is 0 Å². The minimum Gasteiger partial charge on any atom is -0.366 e. The number of hydrogen-bond acceptors (Lipinski definition) is 5. The zero-order chi connectivity index (χ0) is 26.3. The van der Waals surface area contributed by atoms with Crippen molar-refractivity contribution < 1.29 is 13.2 Å². The van der Waals surface area contributed by atoms with E-state index in [0.29, 0.717) is 30.6 Å². The summed E-state index contributed by atoms with van der Waals surface area (Å²) in [5.41, 5.74) is 10.4. The fraction of sp³-hybridized carbons (Fsp3) is 0.536. The lowest BCUT2D eigenvalue weighted by Gasteiger charge is -2.31. The Hall–Kier alpha value is -2.20. The van der Waals surface area contributed by atoms with Gasteiger partial charge in [0.25, 0.3) is 5.91 Å². The first-order valence-corrected chi connectivity index (χ1v) is 15.9. The van der Waals surface area contributed by atoms with Gasteiger partial charge in [-0.25, -0.2) is 12.7 Å². The molecular formula is C28H38N4O3S2. The standard InChI is InChI=1S/C28H38N4O3S2/c1-4-37(34,35)32-11-7-19(8-12-32)24-16-30-26-22(24)13-20(14-23(26)28(29)33)21-15-25(36-17-21)27(18(2)3)31-9-5-6-10-31/h13-19,27,30H,4-12H2,1-3H3,(H2,29,33). The molecule has 2 saturated heterocycles. The van der Waals surface area contributed by atoms with Crippen LogP contribution in [-0.2, 0) is 10.0 Å². The van der Waals surface area contributed by atoms with Crippen LogP contribution < -0.4 is 5.73 Å². The average Bonchev–Trinajstić information content (AvgIpc) is 3.65. The first kappa shape index (κ1) is 26.4. The fourth-order valence-electron chi connectivity index (χ4n) is 6.19. The first-order valence-electron chi connectivity index (χ1n) is 13.4. The summed E-state index contributed by atoms with van der Waals surface area (Å²) in [6, 6.07) is 6.79. The highest BCUT2D eigenvalue weighted by atomic mass is 32.2. The van der Waals surface area contributed by atoms with E-state index in [4.69, 9.17) is 5.73 Å². The van der Waals surface area contributed by atoms with Gasteiger partial charge in [-0.15, -0.1) is 11.3 Å². The predicted molar refractivity (Wildman–Crippen MR) is 152 cm³/mol. The van der Waals surface area contributed by atoms with Crippen molar-refractivity contribution in [2.24, 2.45) is 11.7 Å². The fourth-order valence-corrected chi connectivity index (χ4v) is 8.54. The Labute approximate surface area is 224 Å². The molecule has 1 aromatic carbocycles. The number of nitrogens with zero attached hydrogens (tertiary/aromatic N) is 2. The molecule has 0 spiro atoms. The lowest BCUT2D eigenvalue weighted by atomic mass is 9.88. The summed E-state index contributed by atoms with van der Waals surface area (Å²) >= 11 is 1.80. The summed E-state index contributed by atoms with van der Waals surface area (Å²) in [7, 11) is -3.17. The number of likely N-dealkylation sites (tertiary alicyclic amines) is 1. The lowest BCUT2D eigenvalue weighted by Crippen LogP contribution is -2.38. The Kier molecular flexibility index (Phi) is 7.51. The first-order chi connectivity index (χ1) is 17.7. The summed E-state index contributed by atoms with van der Waals surface area (Å²) in [6.07, 6.45) is 6.03. The van der Waals surface area contributed by atoms with Gasteiger partial charge in [0, 0.05) is 35.6 Å². The SMILES string of the molecule is CCS(=O)(=O)N1CCC(c2c[nH]c3c(C(N)=O)cc(-c4csc(C(C(C)C)N5CCCC5)c4)cc23)CC1. The third-order valence-corrected chi connectivity index (χ3v) is 11.0. The maximum absolute atomic E-state index is 12.5. The Balaban J connectivity index is 1.49. The van der Waals surface area contributed by atoms with Gasteiger partial charge < -0.3 is 10.7 Å². The molecule has 1 atom stereocenters. The van der Waals surface area contributed by atoms with Crippen molar-refractivity contribution in [2.75, 3.05) is 31.9 Å². The molecule has 1 unspecified atom stereocenters. The smallest absolute Gasteiger partial charge is 0.250 e. The molecule has 0 bridgehead atoms. The minimum absolute atomic E-state index is 0.133. The highest BCUT2D eigenvalue weighted by molar-refractivity contribution is 7.89. The van der Waals surface area contributed by atoms with Crippen molar-refractivity contribution in [3.8, 4) is 11.1 Å². The number of carbonyl (C=O) groups is 1. The number of hydrogen-bond donors (Lipinski definition) is 2. The number of piperidine rings is 1. The molecule has 37 heavy (non-hydrogen) atoms. The van der Waals surface area contributed by atoms with E-state index in [1.165, 1.54) is 17.7 Å². The second kappa shape index (κ2) is 10.5. The van der Waals surface area contributed by atoms with Crippen LogP contribution in [-0.4, -0.2) is 60.4 Å². The normalized spacial score (nSPS) is 19.2. The van der Waals surface area contributed by atoms with Crippen molar-refractivity contribution >= 4 is 38.2 Å². The van der Waals surface area contributed by atoms with Crippen molar-refractivity contribution in [3.63, 3.8) is 0 Å². The maximum Gasteiger partial charge on any atom is 0.250 e. The molecule has 2 fully saturated rings. The zero-order valence-electron chi connectivity index (χ0n) is 22.0. The van der Waals surface area contributed by atoms with Crippen LogP contribution in [0.15, 0.2) is 29.8 Å². The van der Waals surface area contributed by atoms with Gasteiger partial charge >= 0.3 is 0 Å². The van der Waals surface area contributed by atoms with E-state index in [0.717, 1.165) is 53.5 Å². The minimum atomic E-state index is -3.17. The van der Waals surface area contributed by atoms with E-state index in [9.17, 15) is 13.2 Å². The number of primary amides is 1. The van der Waals surface area contributed by atoms with Crippen LogP contribution in [0.4, 0.5) is 0 Å². The third kappa shape index (κ3) is 5.11. The van der Waals surface area contributed by atoms with Crippen LogP contribution in [0.1, 0.15) is 79.2 Å². The zero-order valence-corrected chi connectivity index (χ0v) is 23.6. The van der Waals surface area contributed by atoms with E-state index >= 15 is 0 Å². The summed E-state index contributed by atoms with van der Waals surface area (Å²) in [5, 5.41) is 3.21. The number of sulfonamides is 1. The van der Waals surface area contributed by atoms with Gasteiger partial charge in [0.05, 0.1) is 16.8 Å².